The van der Waals surface area contributed by atoms with E-state index in [0.717, 1.165) is 36.6 Å². The van der Waals surface area contributed by atoms with Crippen molar-refractivity contribution in [1.82, 2.24) is 10.2 Å². The number of rotatable bonds is 14. The Balaban J connectivity index is 2.03. The average Bonchev–Trinajstić information content (AvgIpc) is 2.98. The highest BCUT2D eigenvalue weighted by Gasteiger charge is 2.48. The van der Waals surface area contributed by atoms with Gasteiger partial charge in [-0.25, -0.2) is 8.78 Å². The number of hydrogen-bond acceptors (Lipinski definition) is 4. The lowest BCUT2D eigenvalue weighted by atomic mass is 9.63. The number of benzene rings is 2. The van der Waals surface area contributed by atoms with Crippen LogP contribution in [0.1, 0.15) is 49.8 Å². The Morgan fingerprint density at radius 2 is 1.74 bits per heavy atom. The minimum Gasteiger partial charge on any atom is -0.391 e. The Morgan fingerprint density at radius 3 is 2.33 bits per heavy atom. The van der Waals surface area contributed by atoms with Crippen LogP contribution >= 0.6 is 0 Å². The molecule has 0 bridgehead atoms. The summed E-state index contributed by atoms with van der Waals surface area (Å²) in [6.45, 7) is 5.32. The predicted octanol–water partition coefficient (Wildman–Crippen LogP) is 4.27. The van der Waals surface area contributed by atoms with E-state index in [1.807, 2.05) is 32.0 Å². The van der Waals surface area contributed by atoms with Crippen molar-refractivity contribution in [2.45, 2.75) is 52.2 Å². The summed E-state index contributed by atoms with van der Waals surface area (Å²) in [7, 11) is 0. The van der Waals surface area contributed by atoms with Crippen LogP contribution in [0.4, 0.5) is 8.78 Å². The molecule has 3 rings (SSSR count). The van der Waals surface area contributed by atoms with E-state index in [-0.39, 0.29) is 42.0 Å². The highest BCUT2D eigenvalue weighted by atomic mass is 19.1. The van der Waals surface area contributed by atoms with Gasteiger partial charge in [-0.05, 0) is 67.2 Å². The number of nitrogens with zero attached hydrogens (tertiary/aromatic N) is 1. The lowest BCUT2D eigenvalue weighted by Gasteiger charge is -2.41. The number of nitrogens with two attached hydrogens (primary N) is 1. The first kappa shape index (κ1) is 33.3. The summed E-state index contributed by atoms with van der Waals surface area (Å²) in [5.41, 5.74) is 6.81. The molecule has 6 nitrogen and oxygen atoms in total. The summed E-state index contributed by atoms with van der Waals surface area (Å²) in [5.74, 6) is 1.44. The molecule has 226 valence electrons. The van der Waals surface area contributed by atoms with Gasteiger partial charge in [-0.2, -0.15) is 0 Å². The molecule has 43 heavy (non-hydrogen) atoms. The van der Waals surface area contributed by atoms with E-state index in [9.17, 15) is 23.5 Å². The summed E-state index contributed by atoms with van der Waals surface area (Å²) in [5, 5.41) is 14.8. The molecule has 8 heteroatoms. The molecule has 0 heterocycles. The van der Waals surface area contributed by atoms with Crippen molar-refractivity contribution in [3.8, 4) is 24.7 Å². The highest BCUT2D eigenvalue weighted by Crippen LogP contribution is 2.44. The van der Waals surface area contributed by atoms with E-state index in [1.165, 1.54) is 6.08 Å². The second kappa shape index (κ2) is 15.3. The molecule has 4 N–H and O–H groups in total. The summed E-state index contributed by atoms with van der Waals surface area (Å²) in [6, 6.07) is 10.4. The molecular formula is C35H39F2N3O3. The van der Waals surface area contributed by atoms with Crippen LogP contribution in [0, 0.1) is 47.7 Å². The number of allylic oxidation sites excluding steroid dienone is 2. The van der Waals surface area contributed by atoms with Crippen molar-refractivity contribution >= 4 is 11.8 Å². The van der Waals surface area contributed by atoms with Gasteiger partial charge in [0.15, 0.2) is 0 Å². The van der Waals surface area contributed by atoms with Gasteiger partial charge in [-0.15, -0.1) is 12.8 Å². The van der Waals surface area contributed by atoms with E-state index in [4.69, 9.17) is 18.6 Å². The highest BCUT2D eigenvalue weighted by molar-refractivity contribution is 5.97. The molecule has 0 aromatic heterocycles. The molecule has 1 aliphatic rings. The number of primary amides is 1. The molecule has 0 saturated heterocycles. The van der Waals surface area contributed by atoms with Crippen LogP contribution < -0.4 is 11.1 Å². The normalized spacial score (nSPS) is 17.6. The van der Waals surface area contributed by atoms with Gasteiger partial charge in [0.1, 0.15) is 11.6 Å². The van der Waals surface area contributed by atoms with Crippen LogP contribution in [0.2, 0.25) is 0 Å². The van der Waals surface area contributed by atoms with Crippen LogP contribution in [0.3, 0.4) is 0 Å². The SMILES string of the molecule is C#CC1=CC(C(N)=O)([C@H](Cc2cc(F)cc(F)c2)[C@@H](O)CNCc2cccc(C#C)c2)CC(C(=O)N(CCC)CCC)=C1. The lowest BCUT2D eigenvalue weighted by Crippen LogP contribution is -2.51. The largest absolute Gasteiger partial charge is 0.391 e. The number of carbonyl (C=O) groups is 2. The first-order chi connectivity index (χ1) is 20.6. The molecular weight excluding hydrogens is 548 g/mol. The number of terminal acetylenes is 2. The fourth-order valence-corrected chi connectivity index (χ4v) is 5.70. The number of aliphatic hydroxyl groups excluding tert-OH is 1. The maximum absolute atomic E-state index is 14.2. The van der Waals surface area contributed by atoms with Crippen molar-refractivity contribution in [1.29, 1.82) is 0 Å². The zero-order valence-corrected chi connectivity index (χ0v) is 24.7. The van der Waals surface area contributed by atoms with Crippen molar-refractivity contribution in [2.75, 3.05) is 19.6 Å². The molecule has 0 saturated carbocycles. The lowest BCUT2D eigenvalue weighted by molar-refractivity contribution is -0.132. The van der Waals surface area contributed by atoms with Gasteiger partial charge >= 0.3 is 0 Å². The minimum absolute atomic E-state index is 0.00178. The Morgan fingerprint density at radius 1 is 1.07 bits per heavy atom. The molecule has 0 radical (unpaired) electrons. The van der Waals surface area contributed by atoms with E-state index in [1.54, 1.807) is 17.0 Å². The van der Waals surface area contributed by atoms with Crippen molar-refractivity contribution in [3.63, 3.8) is 0 Å². The average molecular weight is 588 g/mol. The zero-order chi connectivity index (χ0) is 31.6. The maximum atomic E-state index is 14.2. The molecule has 1 unspecified atom stereocenters. The van der Waals surface area contributed by atoms with Gasteiger partial charge in [0, 0.05) is 54.9 Å². The van der Waals surface area contributed by atoms with Crippen LogP contribution in [-0.4, -0.2) is 47.6 Å². The fourth-order valence-electron chi connectivity index (χ4n) is 5.70. The summed E-state index contributed by atoms with van der Waals surface area (Å²) < 4.78 is 28.5. The Labute approximate surface area is 253 Å². The monoisotopic (exact) mass is 587 g/mol. The number of halogens is 2. The topological polar surface area (TPSA) is 95.7 Å². The van der Waals surface area contributed by atoms with E-state index in [0.29, 0.717) is 25.2 Å². The first-order valence-electron chi connectivity index (χ1n) is 14.4. The zero-order valence-electron chi connectivity index (χ0n) is 24.7. The number of hydrogen-bond donors (Lipinski definition) is 3. The van der Waals surface area contributed by atoms with Crippen LogP contribution in [0.25, 0.3) is 0 Å². The molecule has 0 fully saturated rings. The van der Waals surface area contributed by atoms with Gasteiger partial charge in [0.25, 0.3) is 0 Å². The minimum atomic E-state index is -1.63. The number of nitrogens with one attached hydrogen (secondary N) is 1. The number of carbonyl (C=O) groups excluding carboxylic acids is 2. The predicted molar refractivity (Wildman–Crippen MR) is 164 cm³/mol. The summed E-state index contributed by atoms with van der Waals surface area (Å²) >= 11 is 0. The summed E-state index contributed by atoms with van der Waals surface area (Å²) in [4.78, 5) is 28.8. The number of aliphatic hydroxyl groups is 1. The van der Waals surface area contributed by atoms with Crippen LogP contribution in [0.5, 0.6) is 0 Å². The maximum Gasteiger partial charge on any atom is 0.249 e. The van der Waals surface area contributed by atoms with Gasteiger partial charge in [-0.3, -0.25) is 9.59 Å². The molecule has 2 aromatic rings. The standard InChI is InChI=1S/C35H39F2N3O3/c1-5-12-40(13-6-2)33(42)28-15-25(8-4)20-35(21-28,34(38)43)31(18-27-16-29(36)19-30(37)17-27)32(41)23-39-22-26-11-9-10-24(7-3)14-26/h3-4,9-11,14-17,19-20,31-32,39,41H,5-6,12-13,18,21-23H2,1-2H3,(H2,38,43)/t31-,32+,35?/m1/s1. The number of amides is 2. The quantitative estimate of drug-likeness (QED) is 0.288. The molecule has 3 atom stereocenters. The molecule has 2 amide bonds. The van der Waals surface area contributed by atoms with E-state index >= 15 is 0 Å². The summed E-state index contributed by atoms with van der Waals surface area (Å²) in [6.07, 6.45) is 14.4. The molecule has 0 aliphatic heterocycles. The van der Waals surface area contributed by atoms with Gasteiger partial charge < -0.3 is 21.1 Å². The van der Waals surface area contributed by atoms with Crippen molar-refractivity contribution < 1.29 is 23.5 Å². The van der Waals surface area contributed by atoms with Gasteiger partial charge in [0.2, 0.25) is 11.8 Å². The molecule has 2 aromatic carbocycles. The Hall–Kier alpha value is -4.24. The van der Waals surface area contributed by atoms with Crippen LogP contribution in [0.15, 0.2) is 65.8 Å². The third kappa shape index (κ3) is 8.41. The molecule has 1 aliphatic carbocycles. The van der Waals surface area contributed by atoms with E-state index < -0.39 is 35.0 Å². The Bertz CT molecular complexity index is 1440. The second-order valence-corrected chi connectivity index (χ2v) is 10.9. The van der Waals surface area contributed by atoms with Crippen molar-refractivity contribution in [3.05, 3.63) is 94.1 Å². The Kier molecular flexibility index (Phi) is 11.8. The van der Waals surface area contributed by atoms with Gasteiger partial charge in [-0.1, -0.05) is 43.9 Å². The third-order valence-corrected chi connectivity index (χ3v) is 7.68. The third-order valence-electron chi connectivity index (χ3n) is 7.68. The molecule has 0 spiro atoms. The smallest absolute Gasteiger partial charge is 0.249 e. The van der Waals surface area contributed by atoms with Gasteiger partial charge in [0.05, 0.1) is 11.5 Å². The first-order valence-corrected chi connectivity index (χ1v) is 14.4. The van der Waals surface area contributed by atoms with Crippen molar-refractivity contribution in [2.24, 2.45) is 17.1 Å². The fraction of sp³-hybridized carbons (Fsp3) is 0.371. The van der Waals surface area contributed by atoms with E-state index in [2.05, 4.69) is 17.2 Å². The second-order valence-electron chi connectivity index (χ2n) is 10.9. The van der Waals surface area contributed by atoms with Crippen LogP contribution in [-0.2, 0) is 22.6 Å².